The molecule has 1 N–H and O–H groups in total. The van der Waals surface area contributed by atoms with Crippen LogP contribution in [-0.4, -0.2) is 17.0 Å². The van der Waals surface area contributed by atoms with E-state index >= 15 is 0 Å². The highest BCUT2D eigenvalue weighted by molar-refractivity contribution is 8.18. The van der Waals surface area contributed by atoms with Gasteiger partial charge in [-0.05, 0) is 47.7 Å². The van der Waals surface area contributed by atoms with Gasteiger partial charge >= 0.3 is 0 Å². The molecule has 126 valence electrons. The van der Waals surface area contributed by atoms with E-state index in [4.69, 9.17) is 4.74 Å². The molecule has 0 radical (unpaired) electrons. The minimum absolute atomic E-state index is 0.0546. The van der Waals surface area contributed by atoms with Crippen LogP contribution in [0.4, 0.5) is 4.39 Å². The molecule has 0 spiro atoms. The molecule has 7 heteroatoms. The number of rotatable bonds is 3. The third kappa shape index (κ3) is 4.33. The summed E-state index contributed by atoms with van der Waals surface area (Å²) in [6, 6.07) is 13.1. The van der Waals surface area contributed by atoms with Crippen LogP contribution in [0, 0.1) is 5.82 Å². The van der Waals surface area contributed by atoms with Crippen molar-refractivity contribution in [2.24, 2.45) is 4.99 Å². The van der Waals surface area contributed by atoms with Gasteiger partial charge in [0.05, 0.1) is 4.91 Å². The summed E-state index contributed by atoms with van der Waals surface area (Å²) in [5.74, 6) is -0.705. The van der Waals surface area contributed by atoms with Crippen molar-refractivity contribution in [2.75, 3.05) is 0 Å². The summed E-state index contributed by atoms with van der Waals surface area (Å²) in [6.07, 6.45) is 1.57. The third-order valence-corrected chi connectivity index (χ3v) is 4.03. The minimum atomic E-state index is -0.508. The van der Waals surface area contributed by atoms with Gasteiger partial charge in [0.25, 0.3) is 5.91 Å². The molecule has 0 bridgehead atoms. The number of nitrogens with zero attached hydrogens (tertiary/aromatic N) is 1. The number of amides is 2. The Morgan fingerprint density at radius 2 is 2.00 bits per heavy atom. The van der Waals surface area contributed by atoms with Gasteiger partial charge in [0.2, 0.25) is 5.91 Å². The van der Waals surface area contributed by atoms with E-state index in [2.05, 4.69) is 10.3 Å². The molecule has 0 saturated heterocycles. The van der Waals surface area contributed by atoms with Crippen molar-refractivity contribution in [1.29, 1.82) is 0 Å². The quantitative estimate of drug-likeness (QED) is 0.851. The lowest BCUT2D eigenvalue weighted by atomic mass is 10.2. The lowest BCUT2D eigenvalue weighted by molar-refractivity contribution is -0.117. The fraction of sp³-hybridized carbons (Fsp3) is 0.0556. The number of benzene rings is 2. The van der Waals surface area contributed by atoms with Crippen LogP contribution in [0.25, 0.3) is 6.08 Å². The zero-order chi connectivity index (χ0) is 17.8. The number of carbonyl (C=O) groups is 2. The summed E-state index contributed by atoms with van der Waals surface area (Å²) in [5, 5.41) is 2.70. The molecule has 2 amide bonds. The average molecular weight is 356 g/mol. The fourth-order valence-electron chi connectivity index (χ4n) is 2.07. The summed E-state index contributed by atoms with van der Waals surface area (Å²) >= 11 is 1.05. The van der Waals surface area contributed by atoms with Crippen LogP contribution >= 0.6 is 11.8 Å². The van der Waals surface area contributed by atoms with Crippen LogP contribution in [-0.2, 0) is 9.59 Å². The Balaban J connectivity index is 1.81. The molecular weight excluding hydrogens is 343 g/mol. The van der Waals surface area contributed by atoms with Gasteiger partial charge in [-0.3, -0.25) is 9.59 Å². The largest absolute Gasteiger partial charge is 0.454 e. The number of para-hydroxylation sites is 1. The second kappa shape index (κ2) is 7.31. The number of aliphatic imine (C=N–C) groups is 1. The first-order chi connectivity index (χ1) is 12.0. The van der Waals surface area contributed by atoms with E-state index in [0.717, 1.165) is 11.8 Å². The maximum Gasteiger partial charge on any atom is 0.286 e. The summed E-state index contributed by atoms with van der Waals surface area (Å²) in [6.45, 7) is 1.34. The molecule has 1 aliphatic rings. The van der Waals surface area contributed by atoms with Crippen molar-refractivity contribution in [3.05, 3.63) is 64.8 Å². The van der Waals surface area contributed by atoms with Crippen molar-refractivity contribution in [2.45, 2.75) is 6.92 Å². The van der Waals surface area contributed by atoms with Gasteiger partial charge in [-0.1, -0.05) is 24.3 Å². The maximum absolute atomic E-state index is 14.0. The first-order valence-corrected chi connectivity index (χ1v) is 8.15. The van der Waals surface area contributed by atoms with Crippen LogP contribution in [0.15, 0.2) is 58.4 Å². The van der Waals surface area contributed by atoms with E-state index in [1.54, 1.807) is 30.3 Å². The summed E-state index contributed by atoms with van der Waals surface area (Å²) in [7, 11) is 0. The number of hydrogen-bond donors (Lipinski definition) is 1. The van der Waals surface area contributed by atoms with E-state index in [1.807, 2.05) is 6.07 Å². The molecule has 1 heterocycles. The molecular formula is C18H13FN2O3S. The molecule has 2 aromatic carbocycles. The zero-order valence-electron chi connectivity index (χ0n) is 13.2. The molecule has 1 aliphatic heterocycles. The Hall–Kier alpha value is -2.93. The standard InChI is InChI=1S/C18H13FN2O3S/c1-11(22)20-18-21-17(23)16(25-18)10-12-7-8-14(19)15(9-12)24-13-5-3-2-4-6-13/h2-10H,1H3,(H,20,21,22,23)/b16-10+. The highest BCUT2D eigenvalue weighted by Crippen LogP contribution is 2.30. The number of thioether (sulfide) groups is 1. The second-order valence-corrected chi connectivity index (χ2v) is 6.15. The van der Waals surface area contributed by atoms with Crippen LogP contribution in [0.5, 0.6) is 11.5 Å². The lowest BCUT2D eigenvalue weighted by Gasteiger charge is -2.07. The van der Waals surface area contributed by atoms with E-state index in [0.29, 0.717) is 16.2 Å². The number of ether oxygens (including phenoxy) is 1. The van der Waals surface area contributed by atoms with Crippen molar-refractivity contribution >= 4 is 34.8 Å². The summed E-state index contributed by atoms with van der Waals surface area (Å²) in [5.41, 5.74) is 0.586. The van der Waals surface area contributed by atoms with Crippen LogP contribution in [0.3, 0.4) is 0 Å². The normalized spacial score (nSPS) is 15.2. The topological polar surface area (TPSA) is 67.8 Å². The Bertz CT molecular complexity index is 894. The molecule has 5 nitrogen and oxygen atoms in total. The van der Waals surface area contributed by atoms with E-state index < -0.39 is 11.7 Å². The molecule has 0 atom stereocenters. The Kier molecular flexibility index (Phi) is 4.95. The first-order valence-electron chi connectivity index (χ1n) is 7.34. The highest BCUT2D eigenvalue weighted by Gasteiger charge is 2.22. The van der Waals surface area contributed by atoms with Gasteiger partial charge < -0.3 is 10.1 Å². The van der Waals surface area contributed by atoms with E-state index in [1.165, 1.54) is 25.1 Å². The first kappa shape index (κ1) is 16.9. The molecule has 0 aliphatic carbocycles. The number of hydrogen-bond acceptors (Lipinski definition) is 4. The molecule has 0 saturated carbocycles. The summed E-state index contributed by atoms with van der Waals surface area (Å²) < 4.78 is 19.5. The lowest BCUT2D eigenvalue weighted by Crippen LogP contribution is -2.23. The summed E-state index contributed by atoms with van der Waals surface area (Å²) in [4.78, 5) is 27.0. The van der Waals surface area contributed by atoms with E-state index in [-0.39, 0.29) is 16.8 Å². The molecule has 0 fully saturated rings. The van der Waals surface area contributed by atoms with Crippen molar-refractivity contribution in [3.8, 4) is 11.5 Å². The molecule has 2 aromatic rings. The molecule has 0 aromatic heterocycles. The number of nitrogens with one attached hydrogen (secondary N) is 1. The SMILES string of the molecule is CC(=O)NC1=NC(=O)/C(=C\c2ccc(F)c(Oc3ccccc3)c2)S1. The third-order valence-electron chi connectivity index (χ3n) is 3.13. The van der Waals surface area contributed by atoms with Crippen LogP contribution in [0.2, 0.25) is 0 Å². The maximum atomic E-state index is 14.0. The van der Waals surface area contributed by atoms with Crippen LogP contribution in [0.1, 0.15) is 12.5 Å². The molecule has 25 heavy (non-hydrogen) atoms. The van der Waals surface area contributed by atoms with Crippen LogP contribution < -0.4 is 10.1 Å². The highest BCUT2D eigenvalue weighted by atomic mass is 32.2. The Morgan fingerprint density at radius 3 is 2.72 bits per heavy atom. The van der Waals surface area contributed by atoms with Crippen molar-refractivity contribution in [3.63, 3.8) is 0 Å². The number of carbonyl (C=O) groups excluding carboxylic acids is 2. The smallest absolute Gasteiger partial charge is 0.286 e. The molecule has 0 unspecified atom stereocenters. The van der Waals surface area contributed by atoms with Gasteiger partial charge in [-0.15, -0.1) is 0 Å². The van der Waals surface area contributed by atoms with Gasteiger partial charge in [-0.25, -0.2) is 4.39 Å². The molecule has 3 rings (SSSR count). The predicted octanol–water partition coefficient (Wildman–Crippen LogP) is 3.72. The minimum Gasteiger partial charge on any atom is -0.454 e. The number of halogens is 1. The van der Waals surface area contributed by atoms with Gasteiger partial charge in [-0.2, -0.15) is 4.99 Å². The predicted molar refractivity (Wildman–Crippen MR) is 94.7 cm³/mol. The Morgan fingerprint density at radius 1 is 1.24 bits per heavy atom. The van der Waals surface area contributed by atoms with Gasteiger partial charge in [0.1, 0.15) is 5.75 Å². The monoisotopic (exact) mass is 356 g/mol. The Labute approximate surface area is 147 Å². The van der Waals surface area contributed by atoms with Gasteiger partial charge in [0, 0.05) is 6.92 Å². The second-order valence-electron chi connectivity index (χ2n) is 5.12. The van der Waals surface area contributed by atoms with Crippen molar-refractivity contribution < 1.29 is 18.7 Å². The number of amidine groups is 1. The fourth-order valence-corrected chi connectivity index (χ4v) is 2.93. The zero-order valence-corrected chi connectivity index (χ0v) is 14.0. The average Bonchev–Trinajstić information content (AvgIpc) is 2.90. The van der Waals surface area contributed by atoms with Crippen molar-refractivity contribution in [1.82, 2.24) is 5.32 Å². The van der Waals surface area contributed by atoms with Gasteiger partial charge in [0.15, 0.2) is 16.7 Å². The van der Waals surface area contributed by atoms with E-state index in [9.17, 15) is 14.0 Å².